The second-order valence-corrected chi connectivity index (χ2v) is 31.8. The summed E-state index contributed by atoms with van der Waals surface area (Å²) in [5.41, 5.74) is 9.71. The van der Waals surface area contributed by atoms with Crippen molar-refractivity contribution in [3.8, 4) is 56.4 Å². The number of nitrogens with zero attached hydrogens (tertiary/aromatic N) is 3. The molecule has 0 saturated carbocycles. The molecule has 12 aromatic rings. The first-order valence-electron chi connectivity index (χ1n) is 39.9. The number of hydrogen-bond donors (Lipinski definition) is 13. The van der Waals surface area contributed by atoms with Gasteiger partial charge in [0.2, 0.25) is 0 Å². The summed E-state index contributed by atoms with van der Waals surface area (Å²) in [4.78, 5) is 63.1. The highest BCUT2D eigenvalue weighted by atomic mass is 31.2. The SMILES string of the molecule is O=C1[C@H](OCC[C@H](O)c2ccc(F)cc2)[C@@H](c2ccc(-c3ccc(C4O[C@H](CO)[C@@H](O)[C@H](O)[C@H]4O)cc3)cc2O)N1c1ccccc1.O=C1[C@H](OCC[C@H](O)c2ccc(F)cc2)[C@@H](c2ccc(-c3ccc(P(=O)(O)O)cc3)cc2O)N1c1ccccc1.O=C1[C@H](OCC[C@H](O)c2ccc(F)cc2)[C@@H](c2ccc(-c3cccc(O)c3)cc2O)N1c1ccccc1. The lowest BCUT2D eigenvalue weighted by Gasteiger charge is -2.47. The minimum Gasteiger partial charge on any atom is -0.508 e. The predicted octanol–water partition coefficient (Wildman–Crippen LogP) is 13.4. The summed E-state index contributed by atoms with van der Waals surface area (Å²) in [5, 5.41) is 115. The Hall–Kier alpha value is -12.3. The van der Waals surface area contributed by atoms with Crippen LogP contribution in [0.1, 0.15) is 101 Å². The van der Waals surface area contributed by atoms with Gasteiger partial charge in [0.05, 0.1) is 50.0 Å². The monoisotopic (exact) mass is 1710 g/mol. The van der Waals surface area contributed by atoms with Gasteiger partial charge in [-0.2, -0.15) is 0 Å². The van der Waals surface area contributed by atoms with E-state index in [1.54, 1.807) is 148 Å². The molecule has 28 heteroatoms. The molecule has 4 saturated heterocycles. The Labute approximate surface area is 710 Å². The van der Waals surface area contributed by atoms with Crippen molar-refractivity contribution in [2.45, 2.75) is 105 Å². The van der Waals surface area contributed by atoms with Crippen LogP contribution in [0.3, 0.4) is 0 Å². The van der Waals surface area contributed by atoms with E-state index in [1.807, 2.05) is 66.7 Å². The normalized spacial score (nSPS) is 21.2. The predicted molar refractivity (Wildman–Crippen MR) is 454 cm³/mol. The smallest absolute Gasteiger partial charge is 0.356 e. The lowest BCUT2D eigenvalue weighted by atomic mass is 9.87. The minimum absolute atomic E-state index is 0.000721. The third-order valence-electron chi connectivity index (χ3n) is 22.3. The summed E-state index contributed by atoms with van der Waals surface area (Å²) < 4.78 is 74.6. The van der Waals surface area contributed by atoms with Crippen LogP contribution in [0.2, 0.25) is 0 Å². The molecule has 24 nitrogen and oxygen atoms in total. The van der Waals surface area contributed by atoms with E-state index in [2.05, 4.69) is 0 Å². The Balaban J connectivity index is 0.000000153. The molecule has 0 spiro atoms. The van der Waals surface area contributed by atoms with Crippen LogP contribution >= 0.6 is 7.60 Å². The van der Waals surface area contributed by atoms with Crippen molar-refractivity contribution in [1.29, 1.82) is 0 Å². The zero-order valence-electron chi connectivity index (χ0n) is 66.2. The molecule has 16 rings (SSSR count). The molecule has 4 aliphatic heterocycles. The summed E-state index contributed by atoms with van der Waals surface area (Å²) in [6.45, 7) is -0.327. The maximum atomic E-state index is 13.3. The number of aliphatic hydroxyl groups excluding tert-OH is 7. The van der Waals surface area contributed by atoms with E-state index >= 15 is 0 Å². The highest BCUT2D eigenvalue weighted by Crippen LogP contribution is 2.49. The van der Waals surface area contributed by atoms with Gasteiger partial charge in [0.25, 0.3) is 17.7 Å². The number of hydrogen-bond acceptors (Lipinski definition) is 19. The summed E-state index contributed by atoms with van der Waals surface area (Å²) in [5.74, 6) is -2.02. The molecule has 0 aliphatic carbocycles. The zero-order valence-corrected chi connectivity index (χ0v) is 67.1. The molecular formula is C96H89F3N3O21P. The number of carbonyl (C=O) groups excluding carboxylic acids is 3. The van der Waals surface area contributed by atoms with Crippen molar-refractivity contribution in [2.75, 3.05) is 41.1 Å². The van der Waals surface area contributed by atoms with E-state index in [0.717, 1.165) is 11.1 Å². The van der Waals surface area contributed by atoms with Gasteiger partial charge in [0, 0.05) is 53.0 Å². The van der Waals surface area contributed by atoms with Crippen LogP contribution in [0.15, 0.2) is 291 Å². The first kappa shape index (κ1) is 88.1. The quantitative estimate of drug-likeness (QED) is 0.0168. The number of rotatable bonds is 27. The Morgan fingerprint density at radius 2 is 0.694 bits per heavy atom. The number of phenols is 4. The van der Waals surface area contributed by atoms with Gasteiger partial charge >= 0.3 is 7.60 Å². The fourth-order valence-corrected chi connectivity index (χ4v) is 16.1. The first-order chi connectivity index (χ1) is 59.7. The highest BCUT2D eigenvalue weighted by Gasteiger charge is 2.54. The van der Waals surface area contributed by atoms with Gasteiger partial charge in [-0.1, -0.05) is 176 Å². The summed E-state index contributed by atoms with van der Waals surface area (Å²) in [6, 6.07) is 76.7. The molecule has 0 bridgehead atoms. The van der Waals surface area contributed by atoms with E-state index in [4.69, 9.17) is 18.9 Å². The number of ether oxygens (including phenoxy) is 4. The largest absolute Gasteiger partial charge is 0.508 e. The van der Waals surface area contributed by atoms with E-state index in [9.17, 15) is 98.1 Å². The number of aromatic hydroxyl groups is 4. The Morgan fingerprint density at radius 3 is 1.02 bits per heavy atom. The lowest BCUT2D eigenvalue weighted by molar-refractivity contribution is -0.231. The van der Waals surface area contributed by atoms with Crippen molar-refractivity contribution in [3.05, 3.63) is 348 Å². The summed E-state index contributed by atoms with van der Waals surface area (Å²) in [7, 11) is -4.37. The average molecular weight is 1710 g/mol. The molecule has 640 valence electrons. The average Bonchev–Trinajstić information content (AvgIpc) is 0.743. The molecule has 124 heavy (non-hydrogen) atoms. The topological polar surface area (TPSA) is 378 Å². The van der Waals surface area contributed by atoms with E-state index < -0.39 is 111 Å². The maximum Gasteiger partial charge on any atom is 0.356 e. The van der Waals surface area contributed by atoms with Crippen molar-refractivity contribution in [2.24, 2.45) is 0 Å². The Morgan fingerprint density at radius 1 is 0.371 bits per heavy atom. The lowest BCUT2D eigenvalue weighted by Crippen LogP contribution is -2.60. The van der Waals surface area contributed by atoms with Crippen LogP contribution in [0.4, 0.5) is 30.2 Å². The van der Waals surface area contributed by atoms with Crippen LogP contribution in [-0.2, 0) is 37.9 Å². The van der Waals surface area contributed by atoms with Crippen LogP contribution in [0, 0.1) is 17.5 Å². The van der Waals surface area contributed by atoms with Crippen LogP contribution < -0.4 is 20.0 Å². The summed E-state index contributed by atoms with van der Waals surface area (Å²) >= 11 is 0. The molecule has 0 aromatic heterocycles. The standard InChI is InChI=1S/C36H36FNO9.C30H27FNO7P.C30H26FNO5/c37-24-13-10-21(11-14-24)27(40)16-17-46-35-30(38(36(35)45)25-4-2-1-3-5-25)26-15-12-23(18-28(26)41)20-6-8-22(9-7-20)34-33(44)32(43)31(42)29(19-39)47-34;31-22-11-6-20(7-12-22)26(33)16-17-39-29-28(32(30(29)35)23-4-2-1-3-5-23)25-15-10-21(18-27(25)34)19-8-13-24(14-9-19)40(36,37)38;31-22-12-9-19(10-13-22)26(34)15-16-37-29-28(32(30(29)36)23-6-2-1-3-7-23)25-14-11-21(18-27(25)35)20-5-4-8-24(33)17-20/h1-15,18,27,29-35,39-44H,16-17,19H2;1-15,18,26,28-29,33-34H,16-17H2,(H2,36,37,38);1-14,17-18,26,28-29,33-35H,15-16H2/t27-,29+,30+,31+,32-,33+,34?,35+;2*26-,28+,29+/m000/s1. The first-order valence-corrected chi connectivity index (χ1v) is 41.5. The van der Waals surface area contributed by atoms with Gasteiger partial charge in [-0.25, -0.2) is 13.2 Å². The van der Waals surface area contributed by atoms with E-state index in [1.165, 1.54) is 91.0 Å². The number of anilines is 3. The zero-order chi connectivity index (χ0) is 87.6. The molecule has 1 unspecified atom stereocenters. The van der Waals surface area contributed by atoms with Gasteiger partial charge in [-0.15, -0.1) is 0 Å². The van der Waals surface area contributed by atoms with Crippen molar-refractivity contribution >= 4 is 47.7 Å². The van der Waals surface area contributed by atoms with Crippen LogP contribution in [-0.4, -0.2) is 153 Å². The van der Waals surface area contributed by atoms with Crippen molar-refractivity contribution in [3.63, 3.8) is 0 Å². The number of phenolic OH excluding ortho intramolecular Hbond substituents is 4. The fraction of sp³-hybridized carbons (Fsp3) is 0.219. The highest BCUT2D eigenvalue weighted by molar-refractivity contribution is 7.60. The maximum absolute atomic E-state index is 13.3. The van der Waals surface area contributed by atoms with Crippen LogP contribution in [0.5, 0.6) is 23.0 Å². The van der Waals surface area contributed by atoms with Gasteiger partial charge < -0.3 is 84.9 Å². The molecule has 12 aromatic carbocycles. The molecule has 0 radical (unpaired) electrons. The number of halogens is 3. The summed E-state index contributed by atoms with van der Waals surface area (Å²) in [6.07, 6.45) is -11.1. The van der Waals surface area contributed by atoms with Crippen molar-refractivity contribution < 1.29 is 117 Å². The minimum atomic E-state index is -4.37. The molecule has 14 atom stereocenters. The molecular weight excluding hydrogens is 1620 g/mol. The van der Waals surface area contributed by atoms with Gasteiger partial charge in [0.1, 0.15) is 89.1 Å². The second kappa shape index (κ2) is 39.1. The fourth-order valence-electron chi connectivity index (χ4n) is 15.6. The Bertz CT molecular complexity index is 5720. The number of β-lactam (4-membered cyclic amide) rings is 3. The number of amides is 3. The van der Waals surface area contributed by atoms with E-state index in [0.29, 0.717) is 78.3 Å². The molecule has 3 amide bonds. The number of para-hydroxylation sites is 3. The second-order valence-electron chi connectivity index (χ2n) is 30.2. The van der Waals surface area contributed by atoms with Gasteiger partial charge in [-0.05, 0) is 171 Å². The molecule has 4 aliphatic rings. The molecule has 4 fully saturated rings. The third-order valence-corrected chi connectivity index (χ3v) is 23.3. The van der Waals surface area contributed by atoms with E-state index in [-0.39, 0.29) is 90.9 Å². The number of carbonyl (C=O) groups is 3. The number of benzene rings is 12. The Kier molecular flexibility index (Phi) is 27.8. The number of aliphatic hydroxyl groups is 7. The third kappa shape index (κ3) is 19.7. The van der Waals surface area contributed by atoms with Crippen LogP contribution in [0.25, 0.3) is 33.4 Å². The van der Waals surface area contributed by atoms with Gasteiger partial charge in [0.15, 0.2) is 18.3 Å². The van der Waals surface area contributed by atoms with Gasteiger partial charge in [-0.3, -0.25) is 33.6 Å². The molecule has 4 heterocycles. The molecule has 13 N–H and O–H groups in total. The van der Waals surface area contributed by atoms with Crippen molar-refractivity contribution in [1.82, 2.24) is 0 Å².